The van der Waals surface area contributed by atoms with Crippen molar-refractivity contribution in [1.29, 1.82) is 0 Å². The van der Waals surface area contributed by atoms with Crippen LogP contribution in [0.15, 0.2) is 48.5 Å². The highest BCUT2D eigenvalue weighted by Gasteiger charge is 2.35. The van der Waals surface area contributed by atoms with Gasteiger partial charge in [0.25, 0.3) is 0 Å². The number of alkyl halides is 3. The largest absolute Gasteiger partial charge is 0.435 e. The molecule has 0 fully saturated rings. The zero-order chi connectivity index (χ0) is 25.3. The highest BCUT2D eigenvalue weighted by molar-refractivity contribution is 7.89. The van der Waals surface area contributed by atoms with Gasteiger partial charge in [-0.15, -0.1) is 0 Å². The van der Waals surface area contributed by atoms with Gasteiger partial charge in [-0.05, 0) is 48.9 Å². The molecule has 12 heteroatoms. The van der Waals surface area contributed by atoms with Gasteiger partial charge in [-0.25, -0.2) is 21.9 Å². The Hall–Kier alpha value is -3.28. The lowest BCUT2D eigenvalue weighted by Gasteiger charge is -2.14. The minimum absolute atomic E-state index is 0.00540. The molecule has 0 aliphatic rings. The van der Waals surface area contributed by atoms with E-state index in [0.29, 0.717) is 0 Å². The van der Waals surface area contributed by atoms with Crippen LogP contribution in [-0.4, -0.2) is 30.4 Å². The summed E-state index contributed by atoms with van der Waals surface area (Å²) in [4.78, 5) is 12.6. The molecule has 2 aromatic carbocycles. The maximum Gasteiger partial charge on any atom is 0.435 e. The van der Waals surface area contributed by atoms with Crippen molar-refractivity contribution in [2.75, 3.05) is 6.26 Å². The van der Waals surface area contributed by atoms with Crippen LogP contribution in [0.5, 0.6) is 0 Å². The fraction of sp³-hybridized carbons (Fsp3) is 0.273. The predicted molar refractivity (Wildman–Crippen MR) is 114 cm³/mol. The van der Waals surface area contributed by atoms with Crippen molar-refractivity contribution < 1.29 is 35.2 Å². The predicted octanol–water partition coefficient (Wildman–Crippen LogP) is 4.13. The lowest BCUT2D eigenvalue weighted by atomic mass is 9.99. The topological polar surface area (TPSA) is 81.1 Å². The van der Waals surface area contributed by atoms with Crippen molar-refractivity contribution in [3.8, 4) is 5.69 Å². The molecule has 1 N–H and O–H groups in total. The number of hydrogen-bond acceptors (Lipinski definition) is 4. The molecule has 3 rings (SSSR count). The Kier molecular flexibility index (Phi) is 7.10. The lowest BCUT2D eigenvalue weighted by Crippen LogP contribution is -2.28. The van der Waals surface area contributed by atoms with Crippen LogP contribution < -0.4 is 5.32 Å². The molecule has 182 valence electrons. The van der Waals surface area contributed by atoms with Crippen LogP contribution in [0.25, 0.3) is 5.69 Å². The van der Waals surface area contributed by atoms with Crippen LogP contribution in [0, 0.1) is 11.6 Å². The van der Waals surface area contributed by atoms with Gasteiger partial charge in [0.1, 0.15) is 11.6 Å². The number of nitrogens with one attached hydrogen (secondary N) is 1. The molecule has 0 radical (unpaired) electrons. The summed E-state index contributed by atoms with van der Waals surface area (Å²) in [5.74, 6) is -3.34. The average molecular weight is 501 g/mol. The highest BCUT2D eigenvalue weighted by Crippen LogP contribution is 2.30. The van der Waals surface area contributed by atoms with Crippen molar-refractivity contribution >= 4 is 15.7 Å². The summed E-state index contributed by atoms with van der Waals surface area (Å²) in [7, 11) is -3.45. The number of benzene rings is 2. The number of amides is 1. The van der Waals surface area contributed by atoms with Crippen LogP contribution >= 0.6 is 0 Å². The number of rotatable bonds is 7. The van der Waals surface area contributed by atoms with E-state index in [1.807, 2.05) is 0 Å². The molecule has 3 aromatic rings. The third-order valence-electron chi connectivity index (χ3n) is 4.98. The number of carbonyl (C=O) groups excluding carboxylic acids is 1. The zero-order valence-electron chi connectivity index (χ0n) is 18.0. The van der Waals surface area contributed by atoms with Crippen molar-refractivity contribution in [3.05, 3.63) is 82.7 Å². The number of carbonyl (C=O) groups is 1. The van der Waals surface area contributed by atoms with Crippen molar-refractivity contribution in [2.24, 2.45) is 0 Å². The summed E-state index contributed by atoms with van der Waals surface area (Å²) in [5, 5.41) is 6.03. The van der Waals surface area contributed by atoms with Crippen molar-refractivity contribution in [3.63, 3.8) is 0 Å². The SMILES string of the molecule is CC(C(=O)NCc1cc(C(F)(F)F)nn1-c1ccc(F)cc1)c1ccc(CS(C)(=O)=O)c(F)c1. The van der Waals surface area contributed by atoms with Gasteiger partial charge in [-0.2, -0.15) is 18.3 Å². The minimum atomic E-state index is -4.73. The van der Waals surface area contributed by atoms with Gasteiger partial charge in [0, 0.05) is 11.8 Å². The zero-order valence-corrected chi connectivity index (χ0v) is 18.8. The second-order valence-electron chi connectivity index (χ2n) is 7.77. The van der Waals surface area contributed by atoms with E-state index in [1.165, 1.54) is 31.2 Å². The van der Waals surface area contributed by atoms with E-state index < -0.39 is 50.9 Å². The molecule has 1 amide bonds. The number of sulfone groups is 1. The molecular formula is C22H20F5N3O3S. The van der Waals surface area contributed by atoms with Gasteiger partial charge in [0.15, 0.2) is 15.5 Å². The first-order valence-electron chi connectivity index (χ1n) is 9.90. The van der Waals surface area contributed by atoms with Gasteiger partial charge in [-0.1, -0.05) is 12.1 Å². The molecule has 34 heavy (non-hydrogen) atoms. The van der Waals surface area contributed by atoms with E-state index >= 15 is 0 Å². The number of aromatic nitrogens is 2. The molecular weight excluding hydrogens is 481 g/mol. The quantitative estimate of drug-likeness (QED) is 0.494. The van der Waals surface area contributed by atoms with Crippen LogP contribution in [0.1, 0.15) is 35.4 Å². The van der Waals surface area contributed by atoms with Gasteiger partial charge in [0.2, 0.25) is 5.91 Å². The number of halogens is 5. The highest BCUT2D eigenvalue weighted by atomic mass is 32.2. The molecule has 0 bridgehead atoms. The Bertz CT molecular complexity index is 1300. The smallest absolute Gasteiger partial charge is 0.350 e. The Morgan fingerprint density at radius 3 is 2.29 bits per heavy atom. The van der Waals surface area contributed by atoms with E-state index in [0.717, 1.165) is 35.2 Å². The van der Waals surface area contributed by atoms with Gasteiger partial charge < -0.3 is 5.32 Å². The van der Waals surface area contributed by atoms with E-state index in [2.05, 4.69) is 10.4 Å². The second-order valence-corrected chi connectivity index (χ2v) is 9.91. The molecule has 1 unspecified atom stereocenters. The lowest BCUT2D eigenvalue weighted by molar-refractivity contribution is -0.141. The van der Waals surface area contributed by atoms with Gasteiger partial charge in [-0.3, -0.25) is 4.79 Å². The fourth-order valence-corrected chi connectivity index (χ4v) is 4.00. The Morgan fingerprint density at radius 1 is 1.09 bits per heavy atom. The molecule has 1 aromatic heterocycles. The number of nitrogens with zero attached hydrogens (tertiary/aromatic N) is 2. The normalized spacial score (nSPS) is 13.0. The maximum atomic E-state index is 14.3. The Morgan fingerprint density at radius 2 is 1.74 bits per heavy atom. The fourth-order valence-electron chi connectivity index (χ4n) is 3.20. The summed E-state index contributed by atoms with van der Waals surface area (Å²) in [6, 6.07) is 9.14. The molecule has 0 spiro atoms. The van der Waals surface area contributed by atoms with Gasteiger partial charge in [0.05, 0.1) is 29.6 Å². The van der Waals surface area contributed by atoms with Crippen LogP contribution in [0.4, 0.5) is 22.0 Å². The van der Waals surface area contributed by atoms with E-state index in [-0.39, 0.29) is 29.1 Å². The summed E-state index contributed by atoms with van der Waals surface area (Å²) >= 11 is 0. The summed E-state index contributed by atoms with van der Waals surface area (Å²) < 4.78 is 90.8. The standard InChI is InChI=1S/C22H20F5N3O3S/c1-13(14-3-4-15(19(24)9-14)12-34(2,32)33)21(31)28-11-18-10-20(22(25,26)27)29-30(18)17-7-5-16(23)6-8-17/h3-10,13H,11-12H2,1-2H3,(H,28,31). The molecule has 0 aliphatic heterocycles. The molecule has 0 aliphatic carbocycles. The molecule has 1 heterocycles. The second kappa shape index (κ2) is 9.53. The maximum absolute atomic E-state index is 14.3. The first kappa shape index (κ1) is 25.3. The number of hydrogen-bond donors (Lipinski definition) is 1. The van der Waals surface area contributed by atoms with Crippen molar-refractivity contribution in [1.82, 2.24) is 15.1 Å². The van der Waals surface area contributed by atoms with E-state index in [9.17, 15) is 35.2 Å². The molecule has 1 atom stereocenters. The van der Waals surface area contributed by atoms with Crippen molar-refractivity contribution in [2.45, 2.75) is 31.3 Å². The average Bonchev–Trinajstić information content (AvgIpc) is 3.17. The van der Waals surface area contributed by atoms with Crippen LogP contribution in [-0.2, 0) is 33.1 Å². The third-order valence-corrected chi connectivity index (χ3v) is 5.81. The van der Waals surface area contributed by atoms with E-state index in [1.54, 1.807) is 0 Å². The molecule has 0 saturated heterocycles. The summed E-state index contributed by atoms with van der Waals surface area (Å²) in [6.07, 6.45) is -3.76. The minimum Gasteiger partial charge on any atom is -0.350 e. The molecule has 6 nitrogen and oxygen atoms in total. The van der Waals surface area contributed by atoms with Gasteiger partial charge >= 0.3 is 6.18 Å². The Balaban J connectivity index is 1.79. The van der Waals surface area contributed by atoms with Crippen LogP contribution in [0.2, 0.25) is 0 Å². The van der Waals surface area contributed by atoms with Crippen LogP contribution in [0.3, 0.4) is 0 Å². The monoisotopic (exact) mass is 501 g/mol. The Labute approximate surface area is 192 Å². The molecule has 0 saturated carbocycles. The first-order valence-corrected chi connectivity index (χ1v) is 12.0. The van der Waals surface area contributed by atoms with E-state index in [4.69, 9.17) is 0 Å². The summed E-state index contributed by atoms with van der Waals surface area (Å²) in [5.41, 5.74) is -0.804. The first-order chi connectivity index (χ1) is 15.7. The summed E-state index contributed by atoms with van der Waals surface area (Å²) in [6.45, 7) is 1.14. The third kappa shape index (κ3) is 6.19.